The van der Waals surface area contributed by atoms with Crippen molar-refractivity contribution in [1.82, 2.24) is 9.88 Å². The van der Waals surface area contributed by atoms with Crippen LogP contribution in [0.25, 0.3) is 0 Å². The molecule has 20 heavy (non-hydrogen) atoms. The molecule has 6 heteroatoms. The van der Waals surface area contributed by atoms with Gasteiger partial charge in [0.1, 0.15) is 5.69 Å². The highest BCUT2D eigenvalue weighted by Gasteiger charge is 2.21. The Morgan fingerprint density at radius 3 is 2.60 bits per heavy atom. The molecule has 1 rings (SSSR count). The molecular formula is C14H20N2O4. The summed E-state index contributed by atoms with van der Waals surface area (Å²) in [5.74, 6) is -1.27. The van der Waals surface area contributed by atoms with Crippen LogP contribution in [-0.2, 0) is 4.74 Å². The Balaban J connectivity index is 2.90. The van der Waals surface area contributed by atoms with Crippen molar-refractivity contribution in [2.75, 3.05) is 20.3 Å². The molecule has 1 unspecified atom stereocenters. The number of methoxy groups -OCH3 is 1. The lowest BCUT2D eigenvalue weighted by atomic mass is 10.2. The highest BCUT2D eigenvalue weighted by atomic mass is 16.5. The maximum absolute atomic E-state index is 12.4. The molecule has 0 radical (unpaired) electrons. The summed E-state index contributed by atoms with van der Waals surface area (Å²) in [6.07, 6.45) is 2.02. The first kappa shape index (κ1) is 16.1. The summed E-state index contributed by atoms with van der Waals surface area (Å²) in [5.41, 5.74) is 0.305. The molecule has 0 aromatic carbocycles. The number of aromatic carboxylic acids is 1. The maximum Gasteiger partial charge on any atom is 0.337 e. The predicted molar refractivity (Wildman–Crippen MR) is 73.9 cm³/mol. The molecule has 1 N–H and O–H groups in total. The molecule has 0 aliphatic carbocycles. The van der Waals surface area contributed by atoms with Crippen LogP contribution < -0.4 is 0 Å². The lowest BCUT2D eigenvalue weighted by molar-refractivity contribution is 0.0606. The van der Waals surface area contributed by atoms with E-state index >= 15 is 0 Å². The number of amides is 1. The van der Waals surface area contributed by atoms with Gasteiger partial charge in [-0.2, -0.15) is 0 Å². The standard InChI is InChI=1S/C14H20N2O4/c1-4-10(2)16(7-8-20-3)13(17)12-6-5-11(9-15-12)14(18)19/h5-6,9-10H,4,7-8H2,1-3H3,(H,18,19). The van der Waals surface area contributed by atoms with Crippen molar-refractivity contribution in [3.05, 3.63) is 29.6 Å². The molecule has 1 atom stereocenters. The van der Waals surface area contributed by atoms with E-state index in [1.165, 1.54) is 18.3 Å². The number of hydrogen-bond acceptors (Lipinski definition) is 4. The quantitative estimate of drug-likeness (QED) is 0.821. The Hall–Kier alpha value is -1.95. The van der Waals surface area contributed by atoms with E-state index < -0.39 is 5.97 Å². The number of carbonyl (C=O) groups excluding carboxylic acids is 1. The number of carboxylic acid groups (broad SMARTS) is 1. The zero-order valence-electron chi connectivity index (χ0n) is 12.0. The number of aromatic nitrogens is 1. The van der Waals surface area contributed by atoms with Crippen LogP contribution in [0.1, 0.15) is 41.1 Å². The number of ether oxygens (including phenoxy) is 1. The molecule has 0 saturated carbocycles. The number of rotatable bonds is 7. The van der Waals surface area contributed by atoms with Crippen molar-refractivity contribution in [2.45, 2.75) is 26.3 Å². The van der Waals surface area contributed by atoms with Crippen molar-refractivity contribution in [2.24, 2.45) is 0 Å². The van der Waals surface area contributed by atoms with E-state index in [0.717, 1.165) is 6.42 Å². The van der Waals surface area contributed by atoms with Crippen LogP contribution in [0, 0.1) is 0 Å². The summed E-state index contributed by atoms with van der Waals surface area (Å²) >= 11 is 0. The third kappa shape index (κ3) is 4.03. The molecule has 1 aromatic rings. The van der Waals surface area contributed by atoms with E-state index in [-0.39, 0.29) is 23.2 Å². The minimum Gasteiger partial charge on any atom is -0.478 e. The molecule has 0 fully saturated rings. The van der Waals surface area contributed by atoms with Crippen molar-refractivity contribution < 1.29 is 19.4 Å². The second kappa shape index (κ2) is 7.59. The third-order valence-corrected chi connectivity index (χ3v) is 3.15. The van der Waals surface area contributed by atoms with Crippen molar-refractivity contribution in [3.8, 4) is 0 Å². The minimum atomic E-state index is -1.06. The van der Waals surface area contributed by atoms with E-state index in [1.807, 2.05) is 13.8 Å². The van der Waals surface area contributed by atoms with Gasteiger partial charge in [-0.3, -0.25) is 9.78 Å². The molecule has 1 amide bonds. The fourth-order valence-electron chi connectivity index (χ4n) is 1.73. The van der Waals surface area contributed by atoms with Crippen LogP contribution in [0.2, 0.25) is 0 Å². The van der Waals surface area contributed by atoms with Gasteiger partial charge in [0.2, 0.25) is 0 Å². The van der Waals surface area contributed by atoms with E-state index in [4.69, 9.17) is 9.84 Å². The van der Waals surface area contributed by atoms with Gasteiger partial charge in [0.15, 0.2) is 0 Å². The van der Waals surface area contributed by atoms with Crippen molar-refractivity contribution >= 4 is 11.9 Å². The van der Waals surface area contributed by atoms with Gasteiger partial charge in [-0.05, 0) is 25.5 Å². The topological polar surface area (TPSA) is 79.7 Å². The first-order chi connectivity index (χ1) is 9.51. The number of carbonyl (C=O) groups is 2. The van der Waals surface area contributed by atoms with E-state index in [0.29, 0.717) is 13.2 Å². The number of carboxylic acids is 1. The lowest BCUT2D eigenvalue weighted by Gasteiger charge is -2.28. The smallest absolute Gasteiger partial charge is 0.337 e. The van der Waals surface area contributed by atoms with Gasteiger partial charge < -0.3 is 14.7 Å². The Bertz CT molecular complexity index is 459. The summed E-state index contributed by atoms with van der Waals surface area (Å²) < 4.78 is 5.01. The van der Waals surface area contributed by atoms with E-state index in [1.54, 1.807) is 12.0 Å². The fraction of sp³-hybridized carbons (Fsp3) is 0.500. The minimum absolute atomic E-state index is 0.0635. The van der Waals surface area contributed by atoms with E-state index in [9.17, 15) is 9.59 Å². The van der Waals surface area contributed by atoms with Gasteiger partial charge in [-0.15, -0.1) is 0 Å². The SMILES string of the molecule is CCC(C)N(CCOC)C(=O)c1ccc(C(=O)O)cn1. The molecule has 0 aliphatic heterocycles. The number of hydrogen-bond donors (Lipinski definition) is 1. The average molecular weight is 280 g/mol. The summed E-state index contributed by atoms with van der Waals surface area (Å²) in [6.45, 7) is 4.88. The Kier molecular flexibility index (Phi) is 6.11. The van der Waals surface area contributed by atoms with Crippen LogP contribution in [-0.4, -0.2) is 53.2 Å². The average Bonchev–Trinajstić information content (AvgIpc) is 2.47. The first-order valence-corrected chi connectivity index (χ1v) is 6.50. The van der Waals surface area contributed by atoms with Crippen molar-refractivity contribution in [1.29, 1.82) is 0 Å². The molecule has 0 saturated heterocycles. The summed E-state index contributed by atoms with van der Waals surface area (Å²) in [4.78, 5) is 28.8. The molecular weight excluding hydrogens is 260 g/mol. The van der Waals surface area contributed by atoms with E-state index in [2.05, 4.69) is 4.98 Å². The highest BCUT2D eigenvalue weighted by Crippen LogP contribution is 2.10. The Labute approximate surface area is 118 Å². The number of pyridine rings is 1. The summed E-state index contributed by atoms with van der Waals surface area (Å²) in [6, 6.07) is 2.89. The molecule has 6 nitrogen and oxygen atoms in total. The molecule has 0 bridgehead atoms. The van der Waals surface area contributed by atoms with Gasteiger partial charge in [0, 0.05) is 25.9 Å². The van der Waals surface area contributed by atoms with Crippen LogP contribution in [0.3, 0.4) is 0 Å². The monoisotopic (exact) mass is 280 g/mol. The highest BCUT2D eigenvalue weighted by molar-refractivity contribution is 5.94. The van der Waals surface area contributed by atoms with Crippen LogP contribution >= 0.6 is 0 Å². The molecule has 0 aliphatic rings. The van der Waals surface area contributed by atoms with Gasteiger partial charge in [-0.25, -0.2) is 4.79 Å². The predicted octanol–water partition coefficient (Wildman–Crippen LogP) is 1.67. The second-order valence-electron chi connectivity index (χ2n) is 4.49. The number of nitrogens with zero attached hydrogens (tertiary/aromatic N) is 2. The molecule has 1 heterocycles. The molecule has 0 spiro atoms. The van der Waals surface area contributed by atoms with Crippen LogP contribution in [0.5, 0.6) is 0 Å². The second-order valence-corrected chi connectivity index (χ2v) is 4.49. The maximum atomic E-state index is 12.4. The molecule has 1 aromatic heterocycles. The lowest BCUT2D eigenvalue weighted by Crippen LogP contribution is -2.40. The Morgan fingerprint density at radius 2 is 2.15 bits per heavy atom. The first-order valence-electron chi connectivity index (χ1n) is 6.50. The normalized spacial score (nSPS) is 11.9. The van der Waals surface area contributed by atoms with Gasteiger partial charge in [0.25, 0.3) is 5.91 Å². The summed E-state index contributed by atoms with van der Waals surface area (Å²) in [7, 11) is 1.58. The summed E-state index contributed by atoms with van der Waals surface area (Å²) in [5, 5.41) is 8.81. The van der Waals surface area contributed by atoms with Gasteiger partial charge >= 0.3 is 5.97 Å². The van der Waals surface area contributed by atoms with Crippen molar-refractivity contribution in [3.63, 3.8) is 0 Å². The zero-order chi connectivity index (χ0) is 15.1. The van der Waals surface area contributed by atoms with Gasteiger partial charge in [-0.1, -0.05) is 6.92 Å². The zero-order valence-corrected chi connectivity index (χ0v) is 12.0. The Morgan fingerprint density at radius 1 is 1.45 bits per heavy atom. The van der Waals surface area contributed by atoms with Crippen LogP contribution in [0.4, 0.5) is 0 Å². The third-order valence-electron chi connectivity index (χ3n) is 3.15. The van der Waals surface area contributed by atoms with Crippen LogP contribution in [0.15, 0.2) is 18.3 Å². The largest absolute Gasteiger partial charge is 0.478 e. The van der Waals surface area contributed by atoms with Gasteiger partial charge in [0.05, 0.1) is 12.2 Å². The fourth-order valence-corrected chi connectivity index (χ4v) is 1.73. The molecule has 110 valence electrons.